The normalized spacial score (nSPS) is 18.7. The number of aliphatic hydroxyl groups is 1. The second kappa shape index (κ2) is 8.23. The number of phenolic OH excluding ortho intramolecular Hbond substituents is 1. The highest BCUT2D eigenvalue weighted by Gasteiger charge is 2.46. The van der Waals surface area contributed by atoms with E-state index in [0.717, 1.165) is 0 Å². The standard InChI is InChI=1S/C21H20ClFN2O4/c1-24(2)9-10-25-18(12-3-6-14(23)7-4-12)17(20(28)21(25)29)19(27)15-11-13(22)5-8-16(15)26/h3-8,11,18,26-27H,9-10H2,1-2H3/t18-/m1/s1. The second-order valence-electron chi connectivity index (χ2n) is 7.01. The second-order valence-corrected chi connectivity index (χ2v) is 7.45. The van der Waals surface area contributed by atoms with Crippen molar-refractivity contribution in [1.82, 2.24) is 9.80 Å². The summed E-state index contributed by atoms with van der Waals surface area (Å²) in [5, 5.41) is 21.2. The number of aliphatic hydroxyl groups excluding tert-OH is 1. The lowest BCUT2D eigenvalue weighted by Crippen LogP contribution is -2.35. The molecule has 6 nitrogen and oxygen atoms in total. The van der Waals surface area contributed by atoms with Gasteiger partial charge in [-0.2, -0.15) is 0 Å². The third kappa shape index (κ3) is 4.11. The Hall–Kier alpha value is -2.90. The van der Waals surface area contributed by atoms with Gasteiger partial charge < -0.3 is 20.0 Å². The van der Waals surface area contributed by atoms with Crippen molar-refractivity contribution >= 4 is 29.1 Å². The summed E-state index contributed by atoms with van der Waals surface area (Å²) in [6.07, 6.45) is 0. The van der Waals surface area contributed by atoms with Crippen LogP contribution < -0.4 is 0 Å². The molecule has 1 heterocycles. The van der Waals surface area contributed by atoms with Crippen LogP contribution >= 0.6 is 11.6 Å². The Morgan fingerprint density at radius 3 is 2.45 bits per heavy atom. The zero-order valence-corrected chi connectivity index (χ0v) is 16.7. The summed E-state index contributed by atoms with van der Waals surface area (Å²) in [4.78, 5) is 28.7. The van der Waals surface area contributed by atoms with Gasteiger partial charge in [0.1, 0.15) is 17.3 Å². The van der Waals surface area contributed by atoms with E-state index >= 15 is 0 Å². The molecule has 0 saturated carbocycles. The van der Waals surface area contributed by atoms with Gasteiger partial charge in [-0.05, 0) is 50.0 Å². The molecule has 0 spiro atoms. The smallest absolute Gasteiger partial charge is 0.295 e. The van der Waals surface area contributed by atoms with Crippen LogP contribution in [0.2, 0.25) is 5.02 Å². The summed E-state index contributed by atoms with van der Waals surface area (Å²) < 4.78 is 13.4. The largest absolute Gasteiger partial charge is 0.507 e. The van der Waals surface area contributed by atoms with Gasteiger partial charge in [0.05, 0.1) is 17.2 Å². The average Bonchev–Trinajstić information content (AvgIpc) is 2.93. The van der Waals surface area contributed by atoms with Crippen LogP contribution in [-0.4, -0.2) is 58.9 Å². The van der Waals surface area contributed by atoms with Gasteiger partial charge in [0, 0.05) is 18.1 Å². The van der Waals surface area contributed by atoms with Crippen molar-refractivity contribution < 1.29 is 24.2 Å². The molecule has 1 aliphatic rings. The fraction of sp³-hybridized carbons (Fsp3) is 0.238. The number of carbonyl (C=O) groups excluding carboxylic acids is 2. The number of likely N-dealkylation sites (tertiary alicyclic amines) is 1. The minimum atomic E-state index is -0.922. The number of phenols is 1. The Morgan fingerprint density at radius 1 is 1.17 bits per heavy atom. The number of likely N-dealkylation sites (N-methyl/N-ethyl adjacent to an activating group) is 1. The lowest BCUT2D eigenvalue weighted by molar-refractivity contribution is -0.140. The molecule has 152 valence electrons. The van der Waals surface area contributed by atoms with Gasteiger partial charge in [0.25, 0.3) is 11.7 Å². The minimum Gasteiger partial charge on any atom is -0.507 e. The summed E-state index contributed by atoms with van der Waals surface area (Å²) in [5.74, 6) is -2.94. The summed E-state index contributed by atoms with van der Waals surface area (Å²) in [5.41, 5.74) is 0.223. The summed E-state index contributed by atoms with van der Waals surface area (Å²) in [6, 6.07) is 8.46. The predicted octanol–water partition coefficient (Wildman–Crippen LogP) is 3.17. The monoisotopic (exact) mass is 418 g/mol. The summed E-state index contributed by atoms with van der Waals surface area (Å²) in [6.45, 7) is 0.700. The molecule has 1 fully saturated rings. The van der Waals surface area contributed by atoms with E-state index in [4.69, 9.17) is 11.6 Å². The highest BCUT2D eigenvalue weighted by molar-refractivity contribution is 6.46. The average molecular weight is 419 g/mol. The summed E-state index contributed by atoms with van der Waals surface area (Å²) in [7, 11) is 3.65. The van der Waals surface area contributed by atoms with Gasteiger partial charge in [0.2, 0.25) is 0 Å². The third-order valence-corrected chi connectivity index (χ3v) is 4.96. The van der Waals surface area contributed by atoms with Crippen molar-refractivity contribution in [2.45, 2.75) is 6.04 Å². The summed E-state index contributed by atoms with van der Waals surface area (Å²) >= 11 is 5.96. The molecule has 2 aromatic rings. The van der Waals surface area contributed by atoms with Gasteiger partial charge >= 0.3 is 0 Å². The van der Waals surface area contributed by atoms with Crippen molar-refractivity contribution in [1.29, 1.82) is 0 Å². The molecule has 0 unspecified atom stereocenters. The highest BCUT2D eigenvalue weighted by Crippen LogP contribution is 2.41. The van der Waals surface area contributed by atoms with Crippen molar-refractivity contribution in [2.75, 3.05) is 27.2 Å². The molecule has 0 aromatic heterocycles. The fourth-order valence-electron chi connectivity index (χ4n) is 3.25. The number of carbonyl (C=O) groups is 2. The molecule has 1 amide bonds. The lowest BCUT2D eigenvalue weighted by atomic mass is 9.95. The Morgan fingerprint density at radius 2 is 1.83 bits per heavy atom. The first-order valence-electron chi connectivity index (χ1n) is 8.88. The number of Topliss-reactive ketones (excluding diaryl/α,β-unsaturated/α-hetero) is 1. The molecule has 3 rings (SSSR count). The van der Waals surface area contributed by atoms with Crippen LogP contribution in [0, 0.1) is 5.82 Å². The van der Waals surface area contributed by atoms with E-state index in [1.165, 1.54) is 47.4 Å². The Bertz CT molecular complexity index is 989. The molecular weight excluding hydrogens is 399 g/mol. The van der Waals surface area contributed by atoms with Gasteiger partial charge in [-0.3, -0.25) is 9.59 Å². The number of amides is 1. The van der Waals surface area contributed by atoms with Crippen molar-refractivity contribution in [3.63, 3.8) is 0 Å². The number of nitrogens with zero attached hydrogens (tertiary/aromatic N) is 2. The quantitative estimate of drug-likeness (QED) is 0.443. The SMILES string of the molecule is CN(C)CCN1C(=O)C(=O)C(=C(O)c2cc(Cl)ccc2O)[C@H]1c1ccc(F)cc1. The number of aromatic hydroxyl groups is 1. The number of halogens is 2. The number of hydrogen-bond acceptors (Lipinski definition) is 5. The number of rotatable bonds is 5. The number of benzene rings is 2. The first kappa shape index (κ1) is 20.8. The maximum atomic E-state index is 13.4. The molecule has 1 saturated heterocycles. The highest BCUT2D eigenvalue weighted by atomic mass is 35.5. The fourth-order valence-corrected chi connectivity index (χ4v) is 3.43. The molecule has 0 bridgehead atoms. The van der Waals surface area contributed by atoms with E-state index in [-0.39, 0.29) is 28.5 Å². The van der Waals surface area contributed by atoms with E-state index in [0.29, 0.717) is 12.1 Å². The molecule has 2 aromatic carbocycles. The zero-order valence-electron chi connectivity index (χ0n) is 15.9. The van der Waals surface area contributed by atoms with Crippen LogP contribution in [0.3, 0.4) is 0 Å². The van der Waals surface area contributed by atoms with Crippen LogP contribution in [0.4, 0.5) is 4.39 Å². The van der Waals surface area contributed by atoms with Gasteiger partial charge in [0.15, 0.2) is 0 Å². The van der Waals surface area contributed by atoms with Crippen LogP contribution in [0.5, 0.6) is 5.75 Å². The third-order valence-electron chi connectivity index (χ3n) is 4.73. The molecular formula is C21H20ClFN2O4. The number of ketones is 1. The minimum absolute atomic E-state index is 0.0600. The zero-order chi connectivity index (χ0) is 21.3. The Kier molecular flexibility index (Phi) is 5.91. The van der Waals surface area contributed by atoms with E-state index in [1.807, 2.05) is 19.0 Å². The Balaban J connectivity index is 2.19. The van der Waals surface area contributed by atoms with Crippen LogP contribution in [0.15, 0.2) is 48.0 Å². The van der Waals surface area contributed by atoms with Gasteiger partial charge in [-0.25, -0.2) is 4.39 Å². The Labute approximate surface area is 172 Å². The predicted molar refractivity (Wildman–Crippen MR) is 107 cm³/mol. The molecule has 1 aliphatic heterocycles. The topological polar surface area (TPSA) is 81.1 Å². The van der Waals surface area contributed by atoms with Crippen LogP contribution in [-0.2, 0) is 9.59 Å². The van der Waals surface area contributed by atoms with E-state index in [2.05, 4.69) is 0 Å². The van der Waals surface area contributed by atoms with Gasteiger partial charge in [-0.15, -0.1) is 0 Å². The van der Waals surface area contributed by atoms with E-state index in [1.54, 1.807) is 0 Å². The van der Waals surface area contributed by atoms with Gasteiger partial charge in [-0.1, -0.05) is 23.7 Å². The van der Waals surface area contributed by atoms with Crippen LogP contribution in [0.1, 0.15) is 17.2 Å². The molecule has 2 N–H and O–H groups in total. The van der Waals surface area contributed by atoms with E-state index in [9.17, 15) is 24.2 Å². The number of hydrogen-bond donors (Lipinski definition) is 2. The molecule has 29 heavy (non-hydrogen) atoms. The maximum absolute atomic E-state index is 13.4. The first-order valence-corrected chi connectivity index (χ1v) is 9.26. The van der Waals surface area contributed by atoms with Crippen molar-refractivity contribution in [3.8, 4) is 5.75 Å². The van der Waals surface area contributed by atoms with Crippen LogP contribution in [0.25, 0.3) is 5.76 Å². The van der Waals surface area contributed by atoms with Crippen molar-refractivity contribution in [2.24, 2.45) is 0 Å². The molecule has 0 radical (unpaired) electrons. The lowest BCUT2D eigenvalue weighted by Gasteiger charge is -2.26. The first-order chi connectivity index (χ1) is 13.7. The maximum Gasteiger partial charge on any atom is 0.295 e. The van der Waals surface area contributed by atoms with E-state index < -0.39 is 29.3 Å². The molecule has 0 aliphatic carbocycles. The molecule has 1 atom stereocenters. The molecule has 8 heteroatoms. The van der Waals surface area contributed by atoms with Crippen molar-refractivity contribution in [3.05, 3.63) is 70.0 Å².